The number of fused-ring (bicyclic) bond motifs is 1. The number of benzene rings is 2. The number of Topliss-reactive ketones (excluding diaryl/α,β-unsaturated/α-hetero) is 1. The molecule has 0 amide bonds. The normalized spacial score (nSPS) is 10.5. The number of aromatic nitrogens is 1. The molecule has 1 heterocycles. The minimum absolute atomic E-state index is 0.202. The van der Waals surface area contributed by atoms with Gasteiger partial charge in [-0.25, -0.2) is 4.79 Å². The Morgan fingerprint density at radius 3 is 2.35 bits per heavy atom. The maximum absolute atomic E-state index is 12.7. The Balaban J connectivity index is 2.08. The monoisotopic (exact) mass is 420 g/mol. The molecule has 31 heavy (non-hydrogen) atoms. The van der Waals surface area contributed by atoms with Crippen molar-refractivity contribution in [1.82, 2.24) is 4.57 Å². The Kier molecular flexibility index (Phi) is 6.93. The predicted octanol–water partition coefficient (Wildman–Crippen LogP) is 4.38. The third-order valence-corrected chi connectivity index (χ3v) is 4.74. The standard InChI is InChI=1S/C24H24N2O5/c1-4-29-19-8-6-17(7-9-19)26-16(3)23(24(28)30-5-2)21-14-20(10-11-22(21)26)31-15-18(27)12-13-25/h6-11,14H,4-5,12,15H2,1-3H3. The zero-order chi connectivity index (χ0) is 22.4. The Hall–Kier alpha value is -3.79. The molecule has 1 aromatic heterocycles. The minimum Gasteiger partial charge on any atom is -0.494 e. The van der Waals surface area contributed by atoms with E-state index in [-0.39, 0.29) is 25.4 Å². The number of nitrogens with zero attached hydrogens (tertiary/aromatic N) is 2. The van der Waals surface area contributed by atoms with E-state index in [1.165, 1.54) is 0 Å². The minimum atomic E-state index is -0.424. The number of carbonyl (C=O) groups excluding carboxylic acids is 2. The largest absolute Gasteiger partial charge is 0.494 e. The summed E-state index contributed by atoms with van der Waals surface area (Å²) >= 11 is 0. The van der Waals surface area contributed by atoms with E-state index in [4.69, 9.17) is 19.5 Å². The molecule has 7 nitrogen and oxygen atoms in total. The molecule has 0 atom stereocenters. The van der Waals surface area contributed by atoms with Crippen LogP contribution in [0.4, 0.5) is 0 Å². The van der Waals surface area contributed by atoms with E-state index < -0.39 is 5.97 Å². The number of ether oxygens (including phenoxy) is 3. The number of nitriles is 1. The molecular formula is C24H24N2O5. The van der Waals surface area contributed by atoms with E-state index in [0.717, 1.165) is 22.6 Å². The maximum Gasteiger partial charge on any atom is 0.340 e. The van der Waals surface area contributed by atoms with Crippen LogP contribution >= 0.6 is 0 Å². The fraction of sp³-hybridized carbons (Fsp3) is 0.292. The van der Waals surface area contributed by atoms with Crippen molar-refractivity contribution in [2.24, 2.45) is 0 Å². The number of esters is 1. The van der Waals surface area contributed by atoms with Crippen molar-refractivity contribution in [3.8, 4) is 23.3 Å². The third-order valence-electron chi connectivity index (χ3n) is 4.74. The van der Waals surface area contributed by atoms with Crippen LogP contribution in [-0.4, -0.2) is 36.1 Å². The van der Waals surface area contributed by atoms with Crippen LogP contribution in [0.5, 0.6) is 11.5 Å². The lowest BCUT2D eigenvalue weighted by Gasteiger charge is -2.10. The number of carbonyl (C=O) groups is 2. The van der Waals surface area contributed by atoms with Crippen molar-refractivity contribution in [3.63, 3.8) is 0 Å². The van der Waals surface area contributed by atoms with Crippen LogP contribution in [0, 0.1) is 18.3 Å². The van der Waals surface area contributed by atoms with Gasteiger partial charge >= 0.3 is 5.97 Å². The molecule has 0 spiro atoms. The lowest BCUT2D eigenvalue weighted by Crippen LogP contribution is -2.10. The van der Waals surface area contributed by atoms with Crippen LogP contribution in [0.3, 0.4) is 0 Å². The molecule has 0 saturated heterocycles. The summed E-state index contributed by atoms with van der Waals surface area (Å²) in [6.45, 7) is 6.18. The molecular weight excluding hydrogens is 396 g/mol. The summed E-state index contributed by atoms with van der Waals surface area (Å²) in [5.41, 5.74) is 2.86. The number of hydrogen-bond donors (Lipinski definition) is 0. The van der Waals surface area contributed by atoms with Gasteiger partial charge in [0.2, 0.25) is 0 Å². The lowest BCUT2D eigenvalue weighted by atomic mass is 10.1. The highest BCUT2D eigenvalue weighted by Gasteiger charge is 2.22. The number of ketones is 1. The van der Waals surface area contributed by atoms with Gasteiger partial charge in [-0.1, -0.05) is 0 Å². The van der Waals surface area contributed by atoms with Gasteiger partial charge in [0, 0.05) is 16.8 Å². The highest BCUT2D eigenvalue weighted by Crippen LogP contribution is 2.33. The summed E-state index contributed by atoms with van der Waals surface area (Å²) in [4.78, 5) is 24.4. The Bertz CT molecular complexity index is 1140. The molecule has 0 radical (unpaired) electrons. The van der Waals surface area contributed by atoms with Crippen LogP contribution in [-0.2, 0) is 9.53 Å². The quantitative estimate of drug-likeness (QED) is 0.477. The highest BCUT2D eigenvalue weighted by atomic mass is 16.5. The van der Waals surface area contributed by atoms with Gasteiger partial charge in [-0.15, -0.1) is 0 Å². The summed E-state index contributed by atoms with van der Waals surface area (Å²) < 4.78 is 18.3. The highest BCUT2D eigenvalue weighted by molar-refractivity contribution is 6.07. The van der Waals surface area contributed by atoms with E-state index in [1.807, 2.05) is 54.8 Å². The molecule has 0 aliphatic rings. The first-order chi connectivity index (χ1) is 15.0. The van der Waals surface area contributed by atoms with Crippen LogP contribution in [0.2, 0.25) is 0 Å². The van der Waals surface area contributed by atoms with E-state index in [1.54, 1.807) is 19.1 Å². The van der Waals surface area contributed by atoms with E-state index >= 15 is 0 Å². The molecule has 2 aromatic carbocycles. The zero-order valence-corrected chi connectivity index (χ0v) is 17.8. The molecule has 0 unspecified atom stereocenters. The second-order valence-electron chi connectivity index (χ2n) is 6.78. The van der Waals surface area contributed by atoms with Gasteiger partial charge in [0.15, 0.2) is 5.78 Å². The SMILES string of the molecule is CCOC(=O)c1c(C)n(-c2ccc(OCC)cc2)c2ccc(OCC(=O)CC#N)cc12. The van der Waals surface area contributed by atoms with Gasteiger partial charge in [0.1, 0.15) is 18.1 Å². The maximum atomic E-state index is 12.7. The van der Waals surface area contributed by atoms with Crippen LogP contribution < -0.4 is 9.47 Å². The van der Waals surface area contributed by atoms with Crippen LogP contribution in [0.25, 0.3) is 16.6 Å². The van der Waals surface area contributed by atoms with Crippen LogP contribution in [0.15, 0.2) is 42.5 Å². The first-order valence-electron chi connectivity index (χ1n) is 10.1. The Morgan fingerprint density at radius 2 is 1.71 bits per heavy atom. The van der Waals surface area contributed by atoms with E-state index in [9.17, 15) is 9.59 Å². The van der Waals surface area contributed by atoms with E-state index in [2.05, 4.69) is 0 Å². The van der Waals surface area contributed by atoms with E-state index in [0.29, 0.717) is 23.3 Å². The lowest BCUT2D eigenvalue weighted by molar-refractivity contribution is -0.120. The summed E-state index contributed by atoms with van der Waals surface area (Å²) in [5, 5.41) is 9.29. The summed E-state index contributed by atoms with van der Waals surface area (Å²) in [6.07, 6.45) is -0.205. The molecule has 7 heteroatoms. The van der Waals surface area contributed by atoms with Gasteiger partial charge in [0.25, 0.3) is 0 Å². The van der Waals surface area contributed by atoms with Crippen molar-refractivity contribution >= 4 is 22.7 Å². The number of rotatable bonds is 9. The predicted molar refractivity (Wildman–Crippen MR) is 116 cm³/mol. The Labute approximate surface area is 180 Å². The molecule has 0 aliphatic heterocycles. The molecule has 3 aromatic rings. The topological polar surface area (TPSA) is 90.5 Å². The molecule has 0 N–H and O–H groups in total. The second kappa shape index (κ2) is 9.81. The van der Waals surface area contributed by atoms with Crippen LogP contribution in [0.1, 0.15) is 36.3 Å². The van der Waals surface area contributed by atoms with Gasteiger partial charge in [-0.05, 0) is 63.2 Å². The van der Waals surface area contributed by atoms with Gasteiger partial charge in [0.05, 0.1) is 36.8 Å². The van der Waals surface area contributed by atoms with Crippen molar-refractivity contribution in [1.29, 1.82) is 5.26 Å². The molecule has 0 saturated carbocycles. The molecule has 0 fully saturated rings. The van der Waals surface area contributed by atoms with Crippen molar-refractivity contribution < 1.29 is 23.8 Å². The summed E-state index contributed by atoms with van der Waals surface area (Å²) in [5.74, 6) is 0.473. The first-order valence-corrected chi connectivity index (χ1v) is 10.1. The molecule has 160 valence electrons. The molecule has 3 rings (SSSR count). The van der Waals surface area contributed by atoms with Crippen molar-refractivity contribution in [2.75, 3.05) is 19.8 Å². The molecule has 0 aliphatic carbocycles. The van der Waals surface area contributed by atoms with Crippen molar-refractivity contribution in [2.45, 2.75) is 27.2 Å². The molecule has 0 bridgehead atoms. The third kappa shape index (κ3) is 4.69. The average Bonchev–Trinajstić information content (AvgIpc) is 3.04. The average molecular weight is 420 g/mol. The van der Waals surface area contributed by atoms with Gasteiger partial charge in [-0.3, -0.25) is 4.79 Å². The zero-order valence-electron chi connectivity index (χ0n) is 17.8. The first kappa shape index (κ1) is 21.9. The summed E-state index contributed by atoms with van der Waals surface area (Å²) in [6, 6.07) is 14.7. The fourth-order valence-corrected chi connectivity index (χ4v) is 3.44. The van der Waals surface area contributed by atoms with Gasteiger partial charge in [-0.2, -0.15) is 5.26 Å². The second-order valence-corrected chi connectivity index (χ2v) is 6.78. The van der Waals surface area contributed by atoms with Crippen molar-refractivity contribution in [3.05, 3.63) is 53.7 Å². The smallest absolute Gasteiger partial charge is 0.340 e. The number of hydrogen-bond acceptors (Lipinski definition) is 6. The van der Waals surface area contributed by atoms with Gasteiger partial charge < -0.3 is 18.8 Å². The Morgan fingerprint density at radius 1 is 1.00 bits per heavy atom. The fourth-order valence-electron chi connectivity index (χ4n) is 3.44. The summed E-state index contributed by atoms with van der Waals surface area (Å²) in [7, 11) is 0.